The van der Waals surface area contributed by atoms with E-state index in [2.05, 4.69) is 10.6 Å². The fraction of sp³-hybridized carbons (Fsp3) is 0.316. The summed E-state index contributed by atoms with van der Waals surface area (Å²) in [5.74, 6) is -4.05. The lowest BCUT2D eigenvalue weighted by molar-refractivity contribution is -0.00941. The van der Waals surface area contributed by atoms with E-state index in [9.17, 15) is 18.0 Å². The van der Waals surface area contributed by atoms with E-state index in [1.54, 1.807) is 0 Å². The van der Waals surface area contributed by atoms with Crippen LogP contribution in [0.2, 0.25) is 10.0 Å². The number of alkyl halides is 2. The van der Waals surface area contributed by atoms with E-state index >= 15 is 0 Å². The summed E-state index contributed by atoms with van der Waals surface area (Å²) in [5.41, 5.74) is 0.0252. The normalized spacial score (nSPS) is 19.4. The molecule has 1 aliphatic rings. The lowest BCUT2D eigenvalue weighted by Crippen LogP contribution is -2.54. The average molecular weight is 417 g/mol. The van der Waals surface area contributed by atoms with Gasteiger partial charge in [-0.15, -0.1) is 0 Å². The molecule has 0 spiro atoms. The molecule has 0 heterocycles. The van der Waals surface area contributed by atoms with Gasteiger partial charge in [0, 0.05) is 33.3 Å². The third kappa shape index (κ3) is 5.15. The van der Waals surface area contributed by atoms with Crippen molar-refractivity contribution in [3.63, 3.8) is 0 Å². The summed E-state index contributed by atoms with van der Waals surface area (Å²) < 4.78 is 41.7. The van der Waals surface area contributed by atoms with Crippen LogP contribution in [-0.2, 0) is 5.92 Å². The number of benzene rings is 2. The van der Waals surface area contributed by atoms with E-state index in [1.165, 1.54) is 30.3 Å². The van der Waals surface area contributed by atoms with Crippen LogP contribution < -0.4 is 10.6 Å². The second-order valence-electron chi connectivity index (χ2n) is 6.59. The molecule has 2 aromatic carbocycles. The van der Waals surface area contributed by atoms with E-state index in [4.69, 9.17) is 23.2 Å². The first kappa shape index (κ1) is 20.0. The molecule has 0 aromatic heterocycles. The molecule has 1 saturated carbocycles. The van der Waals surface area contributed by atoms with Gasteiger partial charge in [-0.25, -0.2) is 4.39 Å². The Morgan fingerprint density at radius 1 is 1.04 bits per heavy atom. The Morgan fingerprint density at radius 2 is 1.70 bits per heavy atom. The number of rotatable bonds is 6. The Balaban J connectivity index is 1.45. The predicted octanol–water partition coefficient (Wildman–Crippen LogP) is 4.77. The number of nitrogens with one attached hydrogen (secondary N) is 2. The van der Waals surface area contributed by atoms with Crippen LogP contribution in [0.3, 0.4) is 0 Å². The van der Waals surface area contributed by atoms with Gasteiger partial charge < -0.3 is 10.6 Å². The molecule has 0 bridgehead atoms. The van der Waals surface area contributed by atoms with Crippen molar-refractivity contribution in [2.75, 3.05) is 6.54 Å². The molecule has 0 radical (unpaired) electrons. The number of hydrogen-bond donors (Lipinski definition) is 2. The highest BCUT2D eigenvalue weighted by molar-refractivity contribution is 6.31. The molecule has 0 unspecified atom stereocenters. The van der Waals surface area contributed by atoms with Crippen LogP contribution in [0, 0.1) is 5.82 Å². The van der Waals surface area contributed by atoms with Gasteiger partial charge in [0.1, 0.15) is 5.82 Å². The van der Waals surface area contributed by atoms with Gasteiger partial charge in [-0.05, 0) is 43.2 Å². The van der Waals surface area contributed by atoms with E-state index in [1.807, 2.05) is 0 Å². The molecule has 0 saturated heterocycles. The zero-order chi connectivity index (χ0) is 19.6. The van der Waals surface area contributed by atoms with Crippen LogP contribution in [0.25, 0.3) is 0 Å². The number of halogens is 5. The quantitative estimate of drug-likeness (QED) is 0.711. The molecular weight excluding hydrogens is 400 g/mol. The van der Waals surface area contributed by atoms with Crippen molar-refractivity contribution in [3.8, 4) is 0 Å². The summed E-state index contributed by atoms with van der Waals surface area (Å²) in [6.07, 6.45) is 1.04. The highest BCUT2D eigenvalue weighted by atomic mass is 35.5. The lowest BCUT2D eigenvalue weighted by Gasteiger charge is -2.37. The fourth-order valence-corrected chi connectivity index (χ4v) is 3.27. The smallest absolute Gasteiger partial charge is 0.285 e. The van der Waals surface area contributed by atoms with Crippen molar-refractivity contribution in [2.24, 2.45) is 0 Å². The van der Waals surface area contributed by atoms with Crippen molar-refractivity contribution < 1.29 is 18.0 Å². The van der Waals surface area contributed by atoms with Crippen LogP contribution in [0.1, 0.15) is 28.8 Å². The first-order valence-electron chi connectivity index (χ1n) is 8.37. The topological polar surface area (TPSA) is 41.1 Å². The van der Waals surface area contributed by atoms with Gasteiger partial charge in [-0.3, -0.25) is 4.79 Å². The van der Waals surface area contributed by atoms with Gasteiger partial charge in [0.05, 0.1) is 6.54 Å². The summed E-state index contributed by atoms with van der Waals surface area (Å²) in [7, 11) is 0. The Kier molecular flexibility index (Phi) is 5.99. The molecule has 8 heteroatoms. The Hall–Kier alpha value is -1.76. The molecule has 144 valence electrons. The molecule has 3 rings (SSSR count). The Morgan fingerprint density at radius 3 is 2.33 bits per heavy atom. The van der Waals surface area contributed by atoms with Crippen LogP contribution in [0.5, 0.6) is 0 Å². The molecule has 3 nitrogen and oxygen atoms in total. The third-order valence-corrected chi connectivity index (χ3v) is 4.95. The highest BCUT2D eigenvalue weighted by Crippen LogP contribution is 2.29. The van der Waals surface area contributed by atoms with Crippen molar-refractivity contribution in [2.45, 2.75) is 30.8 Å². The SMILES string of the molecule is O=C(N[C@H]1C[C@H](NCC(F)(F)c2ccc(Cl)cc2)C1)c1cc(F)cc(Cl)c1. The summed E-state index contributed by atoms with van der Waals surface area (Å²) >= 11 is 11.5. The van der Waals surface area contributed by atoms with E-state index < -0.39 is 24.2 Å². The fourth-order valence-electron chi connectivity index (χ4n) is 2.92. The molecular formula is C19H17Cl2F3N2O. The first-order chi connectivity index (χ1) is 12.7. The van der Waals surface area contributed by atoms with E-state index in [0.29, 0.717) is 17.9 Å². The number of carbonyl (C=O) groups is 1. The minimum Gasteiger partial charge on any atom is -0.349 e. The van der Waals surface area contributed by atoms with Crippen molar-refractivity contribution in [1.82, 2.24) is 10.6 Å². The second-order valence-corrected chi connectivity index (χ2v) is 7.46. The highest BCUT2D eigenvalue weighted by Gasteiger charge is 2.36. The minimum atomic E-state index is -3.02. The van der Waals surface area contributed by atoms with Gasteiger partial charge in [0.2, 0.25) is 0 Å². The molecule has 1 amide bonds. The van der Waals surface area contributed by atoms with Gasteiger partial charge in [0.25, 0.3) is 11.8 Å². The van der Waals surface area contributed by atoms with Crippen molar-refractivity contribution >= 4 is 29.1 Å². The van der Waals surface area contributed by atoms with E-state index in [-0.39, 0.29) is 28.2 Å². The Bertz CT molecular complexity index is 804. The first-order valence-corrected chi connectivity index (χ1v) is 9.13. The molecule has 27 heavy (non-hydrogen) atoms. The second kappa shape index (κ2) is 8.09. The van der Waals surface area contributed by atoms with Crippen LogP contribution in [0.15, 0.2) is 42.5 Å². The largest absolute Gasteiger partial charge is 0.349 e. The zero-order valence-corrected chi connectivity index (χ0v) is 15.6. The average Bonchev–Trinajstić information content (AvgIpc) is 2.56. The third-order valence-electron chi connectivity index (χ3n) is 4.48. The maximum absolute atomic E-state index is 14.2. The van der Waals surface area contributed by atoms with Crippen LogP contribution in [0.4, 0.5) is 13.2 Å². The lowest BCUT2D eigenvalue weighted by atomic mass is 9.86. The summed E-state index contributed by atoms with van der Waals surface area (Å²) in [4.78, 5) is 12.1. The summed E-state index contributed by atoms with van der Waals surface area (Å²) in [6, 6.07) is 8.78. The van der Waals surface area contributed by atoms with Gasteiger partial charge in [0.15, 0.2) is 0 Å². The maximum atomic E-state index is 14.2. The van der Waals surface area contributed by atoms with Crippen molar-refractivity contribution in [3.05, 3.63) is 69.5 Å². The van der Waals surface area contributed by atoms with E-state index in [0.717, 1.165) is 12.1 Å². The van der Waals surface area contributed by atoms with Crippen molar-refractivity contribution in [1.29, 1.82) is 0 Å². The van der Waals surface area contributed by atoms with Gasteiger partial charge in [-0.1, -0.05) is 35.3 Å². The minimum absolute atomic E-state index is 0.105. The maximum Gasteiger partial charge on any atom is 0.285 e. The molecule has 2 aromatic rings. The molecule has 1 aliphatic carbocycles. The monoisotopic (exact) mass is 416 g/mol. The van der Waals surface area contributed by atoms with Crippen LogP contribution >= 0.6 is 23.2 Å². The standard InChI is InChI=1S/C19H17Cl2F3N2O/c20-13-3-1-12(2-4-13)19(23,24)10-25-16-8-17(9-16)26-18(27)11-5-14(21)7-15(22)6-11/h1-7,16-17,25H,8-10H2,(H,26,27)/t16-,17-. The number of hydrogen-bond acceptors (Lipinski definition) is 2. The predicted molar refractivity (Wildman–Crippen MR) is 99.0 cm³/mol. The summed E-state index contributed by atoms with van der Waals surface area (Å²) in [6.45, 7) is -0.501. The van der Waals surface area contributed by atoms with Gasteiger partial charge >= 0.3 is 0 Å². The number of carbonyl (C=O) groups excluding carboxylic acids is 1. The summed E-state index contributed by atoms with van der Waals surface area (Å²) in [5, 5.41) is 6.10. The molecule has 1 fully saturated rings. The zero-order valence-electron chi connectivity index (χ0n) is 14.1. The number of amides is 1. The van der Waals surface area contributed by atoms with Gasteiger partial charge in [-0.2, -0.15) is 8.78 Å². The molecule has 0 atom stereocenters. The molecule has 2 N–H and O–H groups in total. The van der Waals surface area contributed by atoms with Crippen LogP contribution in [-0.4, -0.2) is 24.5 Å². The molecule has 0 aliphatic heterocycles. The Labute approximate surface area is 164 Å².